The summed E-state index contributed by atoms with van der Waals surface area (Å²) in [6.45, 7) is 5.35. The Hall–Kier alpha value is -2.51. The lowest BCUT2D eigenvalue weighted by atomic mass is 9.96. The first-order valence-corrected chi connectivity index (χ1v) is 13.8. The van der Waals surface area contributed by atoms with Gasteiger partial charge in [-0.25, -0.2) is 9.79 Å². The first-order valence-electron chi connectivity index (χ1n) is 13.8. The molecule has 8 heteroatoms. The average Bonchev–Trinajstić information content (AvgIpc) is 3.25. The second-order valence-electron chi connectivity index (χ2n) is 9.96. The quantitative estimate of drug-likeness (QED) is 0.105. The number of aliphatic imine (C=N–C) groups is 2. The van der Waals surface area contributed by atoms with E-state index in [0.717, 1.165) is 94.3 Å². The number of carbonyl (C=O) groups is 1. The van der Waals surface area contributed by atoms with Crippen molar-refractivity contribution in [2.75, 3.05) is 13.2 Å². The molecule has 35 heavy (non-hydrogen) atoms. The number of nitrogens with two attached hydrogens (primary N) is 2. The summed E-state index contributed by atoms with van der Waals surface area (Å²) in [6.07, 6.45) is 18.0. The summed E-state index contributed by atoms with van der Waals surface area (Å²) >= 11 is 0. The van der Waals surface area contributed by atoms with Gasteiger partial charge in [0.15, 0.2) is 11.9 Å². The van der Waals surface area contributed by atoms with Crippen molar-refractivity contribution in [3.8, 4) is 0 Å². The van der Waals surface area contributed by atoms with Gasteiger partial charge in [0.25, 0.3) is 0 Å². The Morgan fingerprint density at radius 2 is 1.97 bits per heavy atom. The fourth-order valence-corrected chi connectivity index (χ4v) is 5.37. The summed E-state index contributed by atoms with van der Waals surface area (Å²) in [5.41, 5.74) is 12.6. The van der Waals surface area contributed by atoms with Gasteiger partial charge in [0, 0.05) is 18.3 Å². The SMILES string of the molecule is CCC/C=C\CC[C@H]1C[C@H]2CC[C@H]3C(C(=O)OCCCCN=C(N)N)=C(CCCCC)NC(=N1)N23. The average molecular weight is 487 g/mol. The van der Waals surface area contributed by atoms with Crippen LogP contribution >= 0.6 is 0 Å². The van der Waals surface area contributed by atoms with Gasteiger partial charge in [-0.2, -0.15) is 0 Å². The monoisotopic (exact) mass is 486 g/mol. The zero-order chi connectivity index (χ0) is 25.0. The maximum absolute atomic E-state index is 13.3. The van der Waals surface area contributed by atoms with Crippen LogP contribution in [0.25, 0.3) is 0 Å². The van der Waals surface area contributed by atoms with E-state index >= 15 is 0 Å². The smallest absolute Gasteiger partial charge is 0.337 e. The Kier molecular flexibility index (Phi) is 10.9. The Morgan fingerprint density at radius 3 is 2.74 bits per heavy atom. The van der Waals surface area contributed by atoms with Crippen molar-refractivity contribution in [2.45, 2.75) is 115 Å². The number of hydrogen-bond donors (Lipinski definition) is 3. The van der Waals surface area contributed by atoms with E-state index in [1.807, 2.05) is 0 Å². The Balaban J connectivity index is 1.68. The van der Waals surface area contributed by atoms with Crippen molar-refractivity contribution in [3.05, 3.63) is 23.4 Å². The van der Waals surface area contributed by atoms with Gasteiger partial charge in [0.1, 0.15) is 0 Å². The summed E-state index contributed by atoms with van der Waals surface area (Å²) in [6, 6.07) is 0.875. The largest absolute Gasteiger partial charge is 0.462 e. The number of rotatable bonds is 15. The number of unbranched alkanes of at least 4 members (excludes halogenated alkanes) is 4. The lowest BCUT2D eigenvalue weighted by molar-refractivity contribution is -0.140. The standard InChI is InChI=1S/C27H46N6O2/c1-3-5-7-8-10-13-20-19-21-15-16-23-24(25(34)35-18-12-11-17-30-26(28)29)22(14-9-6-4-2)32-27(31-20)33(21)23/h7-8,20-21,23H,3-6,9-19H2,1-2H3,(H,31,32)(H4,28,29,30)/b8-7-/t20-,21+,23-/m0/s1. The highest BCUT2D eigenvalue weighted by atomic mass is 16.5. The number of nitrogens with one attached hydrogen (secondary N) is 1. The van der Waals surface area contributed by atoms with E-state index in [9.17, 15) is 4.79 Å². The van der Waals surface area contributed by atoms with E-state index in [2.05, 4.69) is 41.2 Å². The molecule has 196 valence electrons. The minimum absolute atomic E-state index is 0.0798. The van der Waals surface area contributed by atoms with Gasteiger partial charge in [-0.1, -0.05) is 45.3 Å². The molecule has 3 heterocycles. The Morgan fingerprint density at radius 1 is 1.14 bits per heavy atom. The first-order chi connectivity index (χ1) is 17.0. The molecule has 0 aromatic rings. The molecule has 3 atom stereocenters. The molecule has 0 aromatic heterocycles. The number of carbonyl (C=O) groups excluding carboxylic acids is 1. The van der Waals surface area contributed by atoms with Crippen LogP contribution in [0.1, 0.15) is 97.3 Å². The zero-order valence-electron chi connectivity index (χ0n) is 21.8. The molecule has 0 unspecified atom stereocenters. The highest BCUT2D eigenvalue weighted by Crippen LogP contribution is 2.39. The van der Waals surface area contributed by atoms with E-state index in [-0.39, 0.29) is 18.0 Å². The Labute approximate surface area is 211 Å². The van der Waals surface area contributed by atoms with Gasteiger partial charge in [-0.3, -0.25) is 4.99 Å². The Bertz CT molecular complexity index is 814. The molecule has 0 bridgehead atoms. The van der Waals surface area contributed by atoms with Crippen LogP contribution in [-0.2, 0) is 9.53 Å². The van der Waals surface area contributed by atoms with Gasteiger partial charge in [0.2, 0.25) is 0 Å². The third-order valence-corrected chi connectivity index (χ3v) is 7.14. The van der Waals surface area contributed by atoms with E-state index in [0.29, 0.717) is 25.2 Å². The van der Waals surface area contributed by atoms with Gasteiger partial charge in [-0.05, 0) is 64.2 Å². The summed E-state index contributed by atoms with van der Waals surface area (Å²) in [5.74, 6) is 0.896. The number of hydrogen-bond acceptors (Lipinski definition) is 6. The summed E-state index contributed by atoms with van der Waals surface area (Å²) < 4.78 is 5.74. The van der Waals surface area contributed by atoms with Crippen molar-refractivity contribution >= 4 is 17.9 Å². The molecular weight excluding hydrogens is 440 g/mol. The fraction of sp³-hybridized carbons (Fsp3) is 0.741. The van der Waals surface area contributed by atoms with Gasteiger partial charge in [-0.15, -0.1) is 0 Å². The minimum atomic E-state index is -0.182. The van der Waals surface area contributed by atoms with E-state index in [1.165, 1.54) is 6.42 Å². The second-order valence-corrected chi connectivity index (χ2v) is 9.96. The summed E-state index contributed by atoms with van der Waals surface area (Å²) in [5, 5.41) is 3.60. The van der Waals surface area contributed by atoms with Crippen molar-refractivity contribution in [2.24, 2.45) is 21.5 Å². The predicted octanol–water partition coefficient (Wildman–Crippen LogP) is 4.12. The van der Waals surface area contributed by atoms with Gasteiger partial charge < -0.3 is 26.4 Å². The van der Waals surface area contributed by atoms with E-state index in [1.54, 1.807) is 0 Å². The molecule has 3 aliphatic rings. The predicted molar refractivity (Wildman–Crippen MR) is 143 cm³/mol. The molecule has 0 aromatic carbocycles. The number of guanidine groups is 2. The fourth-order valence-electron chi connectivity index (χ4n) is 5.37. The molecule has 0 amide bonds. The number of nitrogens with zero attached hydrogens (tertiary/aromatic N) is 3. The third kappa shape index (κ3) is 7.74. The summed E-state index contributed by atoms with van der Waals surface area (Å²) in [7, 11) is 0. The van der Waals surface area contributed by atoms with Gasteiger partial charge in [0.05, 0.1) is 24.3 Å². The molecule has 3 rings (SSSR count). The van der Waals surface area contributed by atoms with Crippen molar-refractivity contribution in [3.63, 3.8) is 0 Å². The number of ether oxygens (including phenoxy) is 1. The molecule has 0 radical (unpaired) electrons. The van der Waals surface area contributed by atoms with Crippen molar-refractivity contribution in [1.29, 1.82) is 0 Å². The van der Waals surface area contributed by atoms with Crippen LogP contribution in [-0.4, -0.2) is 54.1 Å². The van der Waals surface area contributed by atoms with Crippen LogP contribution in [0.3, 0.4) is 0 Å². The van der Waals surface area contributed by atoms with Crippen LogP contribution in [0, 0.1) is 0 Å². The molecule has 0 saturated carbocycles. The highest BCUT2D eigenvalue weighted by molar-refractivity contribution is 5.96. The molecule has 3 aliphatic heterocycles. The van der Waals surface area contributed by atoms with Crippen LogP contribution in [0.5, 0.6) is 0 Å². The number of allylic oxidation sites excluding steroid dienone is 3. The molecule has 0 spiro atoms. The van der Waals surface area contributed by atoms with Gasteiger partial charge >= 0.3 is 5.97 Å². The number of esters is 1. The maximum Gasteiger partial charge on any atom is 0.337 e. The zero-order valence-corrected chi connectivity index (χ0v) is 21.8. The van der Waals surface area contributed by atoms with Crippen LogP contribution < -0.4 is 16.8 Å². The second kappa shape index (κ2) is 14.1. The molecular formula is C27H46N6O2. The molecule has 1 fully saturated rings. The van der Waals surface area contributed by atoms with Crippen molar-refractivity contribution < 1.29 is 9.53 Å². The minimum Gasteiger partial charge on any atom is -0.462 e. The van der Waals surface area contributed by atoms with Crippen LogP contribution in [0.4, 0.5) is 0 Å². The topological polar surface area (TPSA) is 118 Å². The molecule has 1 saturated heterocycles. The summed E-state index contributed by atoms with van der Waals surface area (Å²) in [4.78, 5) is 24.8. The van der Waals surface area contributed by atoms with E-state index < -0.39 is 0 Å². The first kappa shape index (κ1) is 27.1. The van der Waals surface area contributed by atoms with Crippen molar-refractivity contribution in [1.82, 2.24) is 10.2 Å². The highest BCUT2D eigenvalue weighted by Gasteiger charge is 2.47. The normalized spacial score (nSPS) is 23.2. The van der Waals surface area contributed by atoms with E-state index in [4.69, 9.17) is 21.2 Å². The third-order valence-electron chi connectivity index (χ3n) is 7.14. The molecule has 0 aliphatic carbocycles. The van der Waals surface area contributed by atoms with Crippen LogP contribution in [0.15, 0.2) is 33.4 Å². The molecule has 8 nitrogen and oxygen atoms in total. The maximum atomic E-state index is 13.3. The lowest BCUT2D eigenvalue weighted by Gasteiger charge is -2.43. The van der Waals surface area contributed by atoms with Crippen LogP contribution in [0.2, 0.25) is 0 Å². The lowest BCUT2D eigenvalue weighted by Crippen LogP contribution is -2.57. The molecule has 5 N–H and O–H groups in total.